The second kappa shape index (κ2) is 11.4. The highest BCUT2D eigenvalue weighted by Crippen LogP contribution is 2.45. The zero-order valence-electron chi connectivity index (χ0n) is 23.4. The van der Waals surface area contributed by atoms with E-state index in [2.05, 4.69) is 31.6 Å². The molecule has 216 valence electrons. The minimum atomic E-state index is -0.417. The van der Waals surface area contributed by atoms with E-state index in [9.17, 15) is 9.59 Å². The predicted molar refractivity (Wildman–Crippen MR) is 167 cm³/mol. The summed E-state index contributed by atoms with van der Waals surface area (Å²) in [5.74, 6) is 1.45. The minimum absolute atomic E-state index is 0.319. The number of amides is 3. The summed E-state index contributed by atoms with van der Waals surface area (Å²) < 4.78 is 11.3. The van der Waals surface area contributed by atoms with Crippen LogP contribution in [0, 0.1) is 6.92 Å². The van der Waals surface area contributed by atoms with Gasteiger partial charge in [0.25, 0.3) is 5.91 Å². The third kappa shape index (κ3) is 5.41. The molecule has 0 spiro atoms. The van der Waals surface area contributed by atoms with Crippen LogP contribution in [0.25, 0.3) is 10.2 Å². The van der Waals surface area contributed by atoms with Gasteiger partial charge in [-0.3, -0.25) is 9.69 Å². The molecule has 4 heterocycles. The van der Waals surface area contributed by atoms with E-state index >= 15 is 0 Å². The van der Waals surface area contributed by atoms with Crippen molar-refractivity contribution in [2.45, 2.75) is 13.5 Å². The minimum Gasteiger partial charge on any atom is -0.457 e. The van der Waals surface area contributed by atoms with Gasteiger partial charge >= 0.3 is 6.03 Å². The lowest BCUT2D eigenvalue weighted by Gasteiger charge is -2.27. The van der Waals surface area contributed by atoms with Gasteiger partial charge in [-0.15, -0.1) is 11.3 Å². The quantitative estimate of drug-likeness (QED) is 0.220. The Morgan fingerprint density at radius 2 is 1.79 bits per heavy atom. The third-order valence-electron chi connectivity index (χ3n) is 7.49. The van der Waals surface area contributed by atoms with Crippen LogP contribution in [-0.4, -0.2) is 53.1 Å². The van der Waals surface area contributed by atoms with Gasteiger partial charge in [0.05, 0.1) is 30.0 Å². The number of nitrogens with one attached hydrogen (secondary N) is 2. The largest absolute Gasteiger partial charge is 0.457 e. The van der Waals surface area contributed by atoms with E-state index in [0.29, 0.717) is 43.7 Å². The summed E-state index contributed by atoms with van der Waals surface area (Å²) in [6.07, 6.45) is 1.41. The van der Waals surface area contributed by atoms with E-state index in [1.807, 2.05) is 49.4 Å². The molecule has 5 aromatic rings. The molecule has 0 unspecified atom stereocenters. The molecule has 3 amide bonds. The van der Waals surface area contributed by atoms with E-state index in [-0.39, 0.29) is 5.91 Å². The molecular weight excluding hydrogens is 564 g/mol. The summed E-state index contributed by atoms with van der Waals surface area (Å²) in [5, 5.41) is 6.55. The number of hydrogen-bond acceptors (Lipinski definition) is 8. The van der Waals surface area contributed by atoms with Crippen LogP contribution >= 0.6 is 11.3 Å². The average Bonchev–Trinajstić information content (AvgIpc) is 3.40. The monoisotopic (exact) mass is 592 g/mol. The number of urea groups is 1. The lowest BCUT2D eigenvalue weighted by Crippen LogP contribution is -2.35. The molecule has 3 aromatic carbocycles. The van der Waals surface area contributed by atoms with E-state index in [1.54, 1.807) is 24.3 Å². The van der Waals surface area contributed by atoms with Crippen LogP contribution in [0.4, 0.5) is 27.7 Å². The SMILES string of the molecule is Cc1cc(NC(=O)c2sc3ncnc4c3c2NC(=O)N4c2ccc(Oc3ccccc3)cc2)ccc1CN1CCOCC1. The van der Waals surface area contributed by atoms with Crippen molar-refractivity contribution in [2.24, 2.45) is 0 Å². The summed E-state index contributed by atoms with van der Waals surface area (Å²) in [4.78, 5) is 40.6. The first-order valence-corrected chi connectivity index (χ1v) is 14.8. The fourth-order valence-electron chi connectivity index (χ4n) is 5.29. The van der Waals surface area contributed by atoms with Gasteiger partial charge in [-0.05, 0) is 66.6 Å². The van der Waals surface area contributed by atoms with Crippen molar-refractivity contribution in [3.63, 3.8) is 0 Å². The molecule has 1 fully saturated rings. The number of morpholine rings is 1. The number of thiophene rings is 1. The summed E-state index contributed by atoms with van der Waals surface area (Å²) in [7, 11) is 0. The maximum atomic E-state index is 13.5. The number of aromatic nitrogens is 2. The highest BCUT2D eigenvalue weighted by Gasteiger charge is 2.34. The highest BCUT2D eigenvalue weighted by atomic mass is 32.1. The van der Waals surface area contributed by atoms with Gasteiger partial charge in [-0.25, -0.2) is 19.7 Å². The van der Waals surface area contributed by atoms with E-state index in [4.69, 9.17) is 9.47 Å². The normalized spacial score (nSPS) is 14.9. The van der Waals surface area contributed by atoms with Crippen LogP contribution in [0.2, 0.25) is 0 Å². The van der Waals surface area contributed by atoms with Crippen molar-refractivity contribution in [3.05, 3.63) is 95.1 Å². The molecule has 2 N–H and O–H groups in total. The Bertz CT molecular complexity index is 1820. The van der Waals surface area contributed by atoms with Crippen molar-refractivity contribution < 1.29 is 19.1 Å². The van der Waals surface area contributed by atoms with Gasteiger partial charge in [0.15, 0.2) is 5.82 Å². The number of rotatable bonds is 7. The van der Waals surface area contributed by atoms with Crippen LogP contribution in [0.15, 0.2) is 79.1 Å². The van der Waals surface area contributed by atoms with Gasteiger partial charge in [0.2, 0.25) is 0 Å². The standard InChI is InChI=1S/C32H28N6O4S/c1-20-17-22(8-7-21(20)18-37-13-15-41-16-14-37)35-30(39)28-27-26-29(33-19-34-31(26)43-28)38(32(40)36-27)23-9-11-25(12-10-23)42-24-5-3-2-4-6-24/h2-12,17,19H,13-16,18H2,1H3,(H,35,39)(H,36,40). The molecule has 0 atom stereocenters. The maximum Gasteiger partial charge on any atom is 0.332 e. The molecule has 0 bridgehead atoms. The number of aryl methyl sites for hydroxylation is 1. The predicted octanol–water partition coefficient (Wildman–Crippen LogP) is 6.56. The van der Waals surface area contributed by atoms with Gasteiger partial charge in [-0.2, -0.15) is 0 Å². The first-order chi connectivity index (χ1) is 21.0. The van der Waals surface area contributed by atoms with Crippen molar-refractivity contribution >= 4 is 56.4 Å². The van der Waals surface area contributed by atoms with E-state index in [0.717, 1.165) is 44.2 Å². The van der Waals surface area contributed by atoms with Crippen molar-refractivity contribution in [2.75, 3.05) is 41.8 Å². The summed E-state index contributed by atoms with van der Waals surface area (Å²) >= 11 is 1.22. The van der Waals surface area contributed by atoms with Crippen molar-refractivity contribution in [3.8, 4) is 11.5 Å². The molecule has 11 heteroatoms. The van der Waals surface area contributed by atoms with Gasteiger partial charge < -0.3 is 20.1 Å². The Hall–Kier alpha value is -4.84. The molecular formula is C32H28N6O4S. The number of carbonyl (C=O) groups excluding carboxylic acids is 2. The Kier molecular flexibility index (Phi) is 7.19. The molecule has 2 aliphatic rings. The molecule has 7 rings (SSSR count). The molecule has 10 nitrogen and oxygen atoms in total. The fourth-order valence-corrected chi connectivity index (χ4v) is 6.28. The number of benzene rings is 3. The Balaban J connectivity index is 1.13. The topological polar surface area (TPSA) is 109 Å². The Morgan fingerprint density at radius 1 is 1.02 bits per heavy atom. The van der Waals surface area contributed by atoms with E-state index < -0.39 is 6.03 Å². The maximum absolute atomic E-state index is 13.5. The first kappa shape index (κ1) is 27.0. The average molecular weight is 593 g/mol. The van der Waals surface area contributed by atoms with Crippen molar-refractivity contribution in [1.29, 1.82) is 0 Å². The van der Waals surface area contributed by atoms with Crippen molar-refractivity contribution in [1.82, 2.24) is 14.9 Å². The van der Waals surface area contributed by atoms with Gasteiger partial charge in [-0.1, -0.05) is 24.3 Å². The van der Waals surface area contributed by atoms with Crippen LogP contribution in [-0.2, 0) is 11.3 Å². The molecule has 2 aliphatic heterocycles. The molecule has 1 saturated heterocycles. The van der Waals surface area contributed by atoms with Gasteiger partial charge in [0.1, 0.15) is 27.5 Å². The number of para-hydroxylation sites is 1. The Labute approximate surface area is 251 Å². The highest BCUT2D eigenvalue weighted by molar-refractivity contribution is 7.21. The second-order valence-electron chi connectivity index (χ2n) is 10.3. The van der Waals surface area contributed by atoms with Crippen LogP contribution < -0.4 is 20.3 Å². The second-order valence-corrected chi connectivity index (χ2v) is 11.3. The van der Waals surface area contributed by atoms with Crippen LogP contribution in [0.3, 0.4) is 0 Å². The molecule has 0 radical (unpaired) electrons. The Morgan fingerprint density at radius 3 is 2.56 bits per heavy atom. The fraction of sp³-hybridized carbons (Fsp3) is 0.188. The van der Waals surface area contributed by atoms with Crippen LogP contribution in [0.1, 0.15) is 20.8 Å². The number of nitrogens with zero attached hydrogens (tertiary/aromatic N) is 4. The molecule has 43 heavy (non-hydrogen) atoms. The molecule has 2 aromatic heterocycles. The summed E-state index contributed by atoms with van der Waals surface area (Å²) in [6, 6.07) is 22.2. The number of carbonyl (C=O) groups is 2. The summed E-state index contributed by atoms with van der Waals surface area (Å²) in [5.41, 5.74) is 4.02. The molecule has 0 aliphatic carbocycles. The van der Waals surface area contributed by atoms with Crippen LogP contribution in [0.5, 0.6) is 11.5 Å². The lowest BCUT2D eigenvalue weighted by atomic mass is 10.1. The number of anilines is 4. The smallest absolute Gasteiger partial charge is 0.332 e. The van der Waals surface area contributed by atoms with Gasteiger partial charge in [0, 0.05) is 25.3 Å². The molecule has 0 saturated carbocycles. The third-order valence-corrected chi connectivity index (χ3v) is 8.59. The first-order valence-electron chi connectivity index (χ1n) is 14.0. The summed E-state index contributed by atoms with van der Waals surface area (Å²) in [6.45, 7) is 6.22. The zero-order chi connectivity index (χ0) is 29.3. The zero-order valence-corrected chi connectivity index (χ0v) is 24.2. The lowest BCUT2D eigenvalue weighted by molar-refractivity contribution is 0.0341. The number of ether oxygens (including phenoxy) is 2. The number of hydrogen-bond donors (Lipinski definition) is 2. The van der Waals surface area contributed by atoms with E-state index in [1.165, 1.54) is 28.1 Å².